The van der Waals surface area contributed by atoms with Crippen molar-refractivity contribution in [2.24, 2.45) is 0 Å². The zero-order valence-electron chi connectivity index (χ0n) is 12.5. The second-order valence-electron chi connectivity index (χ2n) is 5.55. The van der Waals surface area contributed by atoms with E-state index in [-0.39, 0.29) is 18.8 Å². The van der Waals surface area contributed by atoms with Crippen LogP contribution in [0.25, 0.3) is 11.0 Å². The van der Waals surface area contributed by atoms with Crippen molar-refractivity contribution in [1.29, 1.82) is 0 Å². The molecule has 1 aliphatic rings. The maximum Gasteiger partial charge on any atom is 0.204 e. The molecule has 21 heavy (non-hydrogen) atoms. The third-order valence-electron chi connectivity index (χ3n) is 4.04. The number of nitrogens with zero attached hydrogens (tertiary/aromatic N) is 3. The Kier molecular flexibility index (Phi) is 4.10. The third-order valence-corrected chi connectivity index (χ3v) is 4.04. The Morgan fingerprint density at radius 1 is 1.38 bits per heavy atom. The van der Waals surface area contributed by atoms with Gasteiger partial charge in [-0.05, 0) is 19.2 Å². The third kappa shape index (κ3) is 2.74. The summed E-state index contributed by atoms with van der Waals surface area (Å²) >= 11 is 0. The van der Waals surface area contributed by atoms with Crippen LogP contribution in [0.5, 0.6) is 0 Å². The molecule has 2 aromatic rings. The zero-order chi connectivity index (χ0) is 14.8. The first-order valence-electron chi connectivity index (χ1n) is 7.27. The van der Waals surface area contributed by atoms with Crippen LogP contribution in [0.2, 0.25) is 0 Å². The van der Waals surface area contributed by atoms with Gasteiger partial charge in [-0.1, -0.05) is 12.1 Å². The van der Waals surface area contributed by atoms with Crippen LogP contribution in [0.15, 0.2) is 24.3 Å². The van der Waals surface area contributed by atoms with Crippen molar-refractivity contribution in [2.75, 3.05) is 39.2 Å². The number of aliphatic hydroxyl groups excluding tert-OH is 1. The number of ether oxygens (including phenoxy) is 1. The normalized spacial score (nSPS) is 23.0. The lowest BCUT2D eigenvalue weighted by atomic mass is 10.2. The van der Waals surface area contributed by atoms with E-state index in [1.807, 2.05) is 28.8 Å². The highest BCUT2D eigenvalue weighted by atomic mass is 16.5. The number of aromatic nitrogens is 2. The highest BCUT2D eigenvalue weighted by Gasteiger charge is 2.31. The maximum atomic E-state index is 9.31. The molecule has 6 heteroatoms. The summed E-state index contributed by atoms with van der Waals surface area (Å²) < 4.78 is 7.58. The van der Waals surface area contributed by atoms with Gasteiger partial charge >= 0.3 is 0 Å². The smallest absolute Gasteiger partial charge is 0.204 e. The Morgan fingerprint density at radius 2 is 2.19 bits per heavy atom. The summed E-state index contributed by atoms with van der Waals surface area (Å²) in [4.78, 5) is 6.90. The number of hydrogen-bond donors (Lipinski definition) is 2. The van der Waals surface area contributed by atoms with Crippen LogP contribution in [0, 0.1) is 0 Å². The highest BCUT2D eigenvalue weighted by Crippen LogP contribution is 2.22. The second kappa shape index (κ2) is 6.01. The molecule has 0 amide bonds. The lowest BCUT2D eigenvalue weighted by Crippen LogP contribution is -2.34. The van der Waals surface area contributed by atoms with Crippen molar-refractivity contribution < 1.29 is 9.84 Å². The minimum Gasteiger partial charge on any atom is -0.395 e. The fourth-order valence-corrected chi connectivity index (χ4v) is 3.02. The van der Waals surface area contributed by atoms with Crippen LogP contribution in [0.1, 0.15) is 0 Å². The molecule has 1 aromatic carbocycles. The van der Waals surface area contributed by atoms with Gasteiger partial charge in [-0.2, -0.15) is 0 Å². The first kappa shape index (κ1) is 14.3. The average Bonchev–Trinajstić information content (AvgIpc) is 3.01. The monoisotopic (exact) mass is 290 g/mol. The minimum atomic E-state index is 0.0906. The standard InChI is InChI=1S/C15H22N4O2/c1-18-9-12(14(10-18)21-2)17-15-16-11-5-3-4-6-13(11)19(15)7-8-20/h3-6,12,14,20H,7-10H2,1-2H3,(H,16,17)/t12-,14-/m0/s1. The Morgan fingerprint density at radius 3 is 2.95 bits per heavy atom. The van der Waals surface area contributed by atoms with Gasteiger partial charge in [0.2, 0.25) is 5.95 Å². The summed E-state index contributed by atoms with van der Waals surface area (Å²) in [7, 11) is 3.83. The predicted octanol–water partition coefficient (Wildman–Crippen LogP) is 0.769. The number of anilines is 1. The predicted molar refractivity (Wildman–Crippen MR) is 82.5 cm³/mol. The number of rotatable bonds is 5. The zero-order valence-corrected chi connectivity index (χ0v) is 12.5. The van der Waals surface area contributed by atoms with Gasteiger partial charge in [-0.15, -0.1) is 0 Å². The minimum absolute atomic E-state index is 0.0906. The number of imidazole rings is 1. The van der Waals surface area contributed by atoms with E-state index in [0.717, 1.165) is 30.1 Å². The molecule has 1 aliphatic heterocycles. The number of hydrogen-bond acceptors (Lipinski definition) is 5. The molecular formula is C15H22N4O2. The van der Waals surface area contributed by atoms with Crippen LogP contribution >= 0.6 is 0 Å². The highest BCUT2D eigenvalue weighted by molar-refractivity contribution is 5.78. The summed E-state index contributed by atoms with van der Waals surface area (Å²) in [5.41, 5.74) is 1.98. The largest absolute Gasteiger partial charge is 0.395 e. The van der Waals surface area contributed by atoms with Crippen molar-refractivity contribution in [3.63, 3.8) is 0 Å². The van der Waals surface area contributed by atoms with Crippen LogP contribution in [-0.4, -0.2) is 65.6 Å². The summed E-state index contributed by atoms with van der Waals surface area (Å²) in [6.45, 7) is 2.45. The Labute approximate surface area is 124 Å². The van der Waals surface area contributed by atoms with Crippen molar-refractivity contribution in [3.05, 3.63) is 24.3 Å². The van der Waals surface area contributed by atoms with E-state index >= 15 is 0 Å². The van der Waals surface area contributed by atoms with Crippen LogP contribution in [0.4, 0.5) is 5.95 Å². The molecule has 0 aliphatic carbocycles. The first-order valence-corrected chi connectivity index (χ1v) is 7.27. The van der Waals surface area contributed by atoms with E-state index in [4.69, 9.17) is 4.74 Å². The quantitative estimate of drug-likeness (QED) is 0.851. The second-order valence-corrected chi connectivity index (χ2v) is 5.55. The lowest BCUT2D eigenvalue weighted by molar-refractivity contribution is 0.104. The number of nitrogens with one attached hydrogen (secondary N) is 1. The number of aliphatic hydroxyl groups is 1. The van der Waals surface area contributed by atoms with Crippen LogP contribution in [-0.2, 0) is 11.3 Å². The lowest BCUT2D eigenvalue weighted by Gasteiger charge is -2.19. The molecule has 1 saturated heterocycles. The molecule has 2 heterocycles. The molecule has 114 valence electrons. The van der Waals surface area contributed by atoms with E-state index in [9.17, 15) is 5.11 Å². The van der Waals surface area contributed by atoms with Gasteiger partial charge < -0.3 is 24.6 Å². The fraction of sp³-hybridized carbons (Fsp3) is 0.533. The summed E-state index contributed by atoms with van der Waals surface area (Å²) in [6, 6.07) is 8.18. The first-order chi connectivity index (χ1) is 10.2. The average molecular weight is 290 g/mol. The van der Waals surface area contributed by atoms with Crippen molar-refractivity contribution in [2.45, 2.75) is 18.7 Å². The van der Waals surface area contributed by atoms with E-state index in [0.29, 0.717) is 6.54 Å². The van der Waals surface area contributed by atoms with Crippen molar-refractivity contribution in [3.8, 4) is 0 Å². The fourth-order valence-electron chi connectivity index (χ4n) is 3.02. The molecule has 0 bridgehead atoms. The molecule has 2 N–H and O–H groups in total. The van der Waals surface area contributed by atoms with E-state index in [2.05, 4.69) is 22.2 Å². The number of fused-ring (bicyclic) bond motifs is 1. The summed E-state index contributed by atoms with van der Waals surface area (Å²) in [5, 5.41) is 12.8. The Hall–Kier alpha value is -1.63. The molecule has 0 spiro atoms. The number of likely N-dealkylation sites (N-methyl/N-ethyl adjacent to an activating group) is 1. The van der Waals surface area contributed by atoms with E-state index in [1.165, 1.54) is 0 Å². The molecule has 1 aromatic heterocycles. The van der Waals surface area contributed by atoms with Gasteiger partial charge in [-0.3, -0.25) is 0 Å². The van der Waals surface area contributed by atoms with Gasteiger partial charge in [0.1, 0.15) is 0 Å². The number of likely N-dealkylation sites (tertiary alicyclic amines) is 1. The molecule has 3 rings (SSSR count). The van der Waals surface area contributed by atoms with Gasteiger partial charge in [0.25, 0.3) is 0 Å². The van der Waals surface area contributed by atoms with Crippen LogP contribution in [0.3, 0.4) is 0 Å². The molecule has 0 radical (unpaired) electrons. The Bertz CT molecular complexity index is 613. The van der Waals surface area contributed by atoms with E-state index < -0.39 is 0 Å². The Balaban J connectivity index is 1.91. The molecule has 0 unspecified atom stereocenters. The van der Waals surface area contributed by atoms with E-state index in [1.54, 1.807) is 7.11 Å². The molecular weight excluding hydrogens is 268 g/mol. The molecule has 2 atom stereocenters. The van der Waals surface area contributed by atoms with Gasteiger partial charge in [0.05, 0.1) is 29.8 Å². The van der Waals surface area contributed by atoms with Crippen molar-refractivity contribution in [1.82, 2.24) is 14.5 Å². The molecule has 1 fully saturated rings. The molecule has 6 nitrogen and oxygen atoms in total. The molecule has 0 saturated carbocycles. The SMILES string of the molecule is CO[C@H]1CN(C)C[C@@H]1Nc1nc2ccccc2n1CCO. The number of methoxy groups -OCH3 is 1. The topological polar surface area (TPSA) is 62.5 Å². The van der Waals surface area contributed by atoms with Gasteiger partial charge in [0.15, 0.2) is 0 Å². The van der Waals surface area contributed by atoms with Gasteiger partial charge in [0, 0.05) is 26.7 Å². The summed E-state index contributed by atoms with van der Waals surface area (Å²) in [5.74, 6) is 0.799. The number of benzene rings is 1. The summed E-state index contributed by atoms with van der Waals surface area (Å²) in [6.07, 6.45) is 0.150. The van der Waals surface area contributed by atoms with Crippen molar-refractivity contribution >= 4 is 17.0 Å². The van der Waals surface area contributed by atoms with Gasteiger partial charge in [-0.25, -0.2) is 4.98 Å². The maximum absolute atomic E-state index is 9.31. The van der Waals surface area contributed by atoms with Crippen LogP contribution < -0.4 is 5.32 Å². The number of para-hydroxylation sites is 2.